The van der Waals surface area contributed by atoms with Gasteiger partial charge in [-0.15, -0.1) is 0 Å². The lowest BCUT2D eigenvalue weighted by atomic mass is 10.1. The Morgan fingerprint density at radius 2 is 2.35 bits per heavy atom. The van der Waals surface area contributed by atoms with Gasteiger partial charge in [-0.1, -0.05) is 6.92 Å². The summed E-state index contributed by atoms with van der Waals surface area (Å²) in [4.78, 5) is 22.0. The van der Waals surface area contributed by atoms with Crippen molar-refractivity contribution in [3.8, 4) is 0 Å². The Morgan fingerprint density at radius 3 is 2.94 bits per heavy atom. The van der Waals surface area contributed by atoms with Crippen LogP contribution in [0.15, 0.2) is 0 Å². The summed E-state index contributed by atoms with van der Waals surface area (Å²) in [6.45, 7) is 4.22. The largest absolute Gasteiger partial charge is 0.481 e. The molecule has 0 aromatic carbocycles. The van der Waals surface area contributed by atoms with E-state index in [9.17, 15) is 9.59 Å². The van der Waals surface area contributed by atoms with Crippen LogP contribution in [0.2, 0.25) is 0 Å². The van der Waals surface area contributed by atoms with Crippen molar-refractivity contribution in [3.63, 3.8) is 0 Å². The van der Waals surface area contributed by atoms with Crippen molar-refractivity contribution in [1.29, 1.82) is 0 Å². The number of rotatable bonds is 6. The zero-order valence-electron chi connectivity index (χ0n) is 10.1. The molecule has 6 heteroatoms. The molecule has 0 saturated carbocycles. The number of aliphatic carboxylic acids is 1. The van der Waals surface area contributed by atoms with Gasteiger partial charge in [0.25, 0.3) is 0 Å². The molecule has 3 N–H and O–H groups in total. The topological polar surface area (TPSA) is 87.7 Å². The molecule has 0 bridgehead atoms. The Balaban J connectivity index is 2.13. The van der Waals surface area contributed by atoms with Crippen LogP contribution in [0.5, 0.6) is 0 Å². The van der Waals surface area contributed by atoms with Gasteiger partial charge in [0.05, 0.1) is 13.2 Å². The zero-order chi connectivity index (χ0) is 12.7. The summed E-state index contributed by atoms with van der Waals surface area (Å²) >= 11 is 0. The molecule has 6 nitrogen and oxygen atoms in total. The third kappa shape index (κ3) is 6.23. The number of hydrogen-bond acceptors (Lipinski definition) is 4. The van der Waals surface area contributed by atoms with Gasteiger partial charge in [-0.25, -0.2) is 0 Å². The monoisotopic (exact) mass is 244 g/mol. The lowest BCUT2D eigenvalue weighted by molar-refractivity contribution is -0.138. The van der Waals surface area contributed by atoms with E-state index in [1.54, 1.807) is 6.92 Å². The predicted molar refractivity (Wildman–Crippen MR) is 61.7 cm³/mol. The molecule has 1 heterocycles. The maximum absolute atomic E-state index is 11.5. The maximum atomic E-state index is 11.5. The number of hydrogen-bond donors (Lipinski definition) is 3. The fraction of sp³-hybridized carbons (Fsp3) is 0.818. The molecule has 2 atom stereocenters. The third-order valence-electron chi connectivity index (χ3n) is 2.60. The summed E-state index contributed by atoms with van der Waals surface area (Å²) in [7, 11) is 0. The minimum Gasteiger partial charge on any atom is -0.481 e. The van der Waals surface area contributed by atoms with Gasteiger partial charge in [0.2, 0.25) is 5.91 Å². The van der Waals surface area contributed by atoms with Gasteiger partial charge in [0, 0.05) is 32.0 Å². The minimum absolute atomic E-state index is 0.0491. The molecule has 17 heavy (non-hydrogen) atoms. The first-order chi connectivity index (χ1) is 8.08. The van der Waals surface area contributed by atoms with Crippen molar-refractivity contribution >= 4 is 11.9 Å². The van der Waals surface area contributed by atoms with E-state index in [0.717, 1.165) is 6.54 Å². The molecule has 1 rings (SSSR count). The molecule has 0 spiro atoms. The van der Waals surface area contributed by atoms with Gasteiger partial charge in [-0.2, -0.15) is 0 Å². The first kappa shape index (κ1) is 13.9. The van der Waals surface area contributed by atoms with E-state index in [2.05, 4.69) is 10.6 Å². The maximum Gasteiger partial charge on any atom is 0.303 e. The molecular formula is C11H20N2O4. The number of carbonyl (C=O) groups is 2. The van der Waals surface area contributed by atoms with Gasteiger partial charge < -0.3 is 20.5 Å². The van der Waals surface area contributed by atoms with Crippen LogP contribution < -0.4 is 10.6 Å². The van der Waals surface area contributed by atoms with Gasteiger partial charge >= 0.3 is 5.97 Å². The van der Waals surface area contributed by atoms with Gasteiger partial charge in [0.15, 0.2) is 0 Å². The number of morpholine rings is 1. The number of carbonyl (C=O) groups excluding carboxylic acids is 1. The zero-order valence-corrected chi connectivity index (χ0v) is 10.1. The van der Waals surface area contributed by atoms with Crippen LogP contribution >= 0.6 is 0 Å². The second-order valence-electron chi connectivity index (χ2n) is 4.44. The lowest BCUT2D eigenvalue weighted by Crippen LogP contribution is -2.44. The van der Waals surface area contributed by atoms with E-state index in [4.69, 9.17) is 9.84 Å². The Labute approximate surface area is 101 Å². The van der Waals surface area contributed by atoms with Crippen LogP contribution in [0.4, 0.5) is 0 Å². The smallest absolute Gasteiger partial charge is 0.303 e. The molecule has 0 aromatic rings. The van der Waals surface area contributed by atoms with E-state index >= 15 is 0 Å². The summed E-state index contributed by atoms with van der Waals surface area (Å²) in [5.74, 6) is -0.952. The van der Waals surface area contributed by atoms with Crippen molar-refractivity contribution < 1.29 is 19.4 Å². The van der Waals surface area contributed by atoms with Gasteiger partial charge in [-0.05, 0) is 5.92 Å². The van der Waals surface area contributed by atoms with Crippen molar-refractivity contribution in [3.05, 3.63) is 0 Å². The Morgan fingerprint density at radius 1 is 1.59 bits per heavy atom. The summed E-state index contributed by atoms with van der Waals surface area (Å²) in [5.41, 5.74) is 0. The number of nitrogens with one attached hydrogen (secondary N) is 2. The highest BCUT2D eigenvalue weighted by Gasteiger charge is 2.17. The standard InChI is InChI=1S/C11H20N2O4/c1-8(4-11(15)16)6-13-10(14)5-9-7-17-3-2-12-9/h8-9,12H,2-7H2,1H3,(H,13,14)(H,15,16). The molecule has 1 aliphatic heterocycles. The Hall–Kier alpha value is -1.14. The molecule has 0 radical (unpaired) electrons. The molecule has 1 fully saturated rings. The molecular weight excluding hydrogens is 224 g/mol. The molecule has 1 amide bonds. The van der Waals surface area contributed by atoms with Crippen molar-refractivity contribution in [2.45, 2.75) is 25.8 Å². The fourth-order valence-electron chi connectivity index (χ4n) is 1.71. The Kier molecular flexibility index (Phi) is 5.93. The quantitative estimate of drug-likeness (QED) is 0.591. The SMILES string of the molecule is CC(CNC(=O)CC1COCCN1)CC(=O)O. The second kappa shape index (κ2) is 7.24. The van der Waals surface area contributed by atoms with Crippen LogP contribution in [0.3, 0.4) is 0 Å². The highest BCUT2D eigenvalue weighted by atomic mass is 16.5. The van der Waals surface area contributed by atoms with Crippen LogP contribution in [0.1, 0.15) is 19.8 Å². The Bertz CT molecular complexity index is 264. The fourth-order valence-corrected chi connectivity index (χ4v) is 1.71. The third-order valence-corrected chi connectivity index (χ3v) is 2.60. The van der Waals surface area contributed by atoms with E-state index < -0.39 is 5.97 Å². The van der Waals surface area contributed by atoms with Crippen LogP contribution in [0, 0.1) is 5.92 Å². The predicted octanol–water partition coefficient (Wildman–Crippen LogP) is -0.408. The van der Waals surface area contributed by atoms with Crippen LogP contribution in [-0.2, 0) is 14.3 Å². The van der Waals surface area contributed by atoms with Crippen LogP contribution in [0.25, 0.3) is 0 Å². The molecule has 0 aliphatic carbocycles. The molecule has 1 aliphatic rings. The molecule has 2 unspecified atom stereocenters. The first-order valence-electron chi connectivity index (χ1n) is 5.87. The summed E-state index contributed by atoms with van der Waals surface area (Å²) in [6, 6.07) is 0.0681. The van der Waals surface area contributed by atoms with E-state index in [1.165, 1.54) is 0 Å². The van der Waals surface area contributed by atoms with Gasteiger partial charge in [0.1, 0.15) is 0 Å². The van der Waals surface area contributed by atoms with E-state index in [1.807, 2.05) is 0 Å². The molecule has 1 saturated heterocycles. The summed E-state index contributed by atoms with van der Waals surface area (Å²) in [5, 5.41) is 14.5. The summed E-state index contributed by atoms with van der Waals surface area (Å²) in [6.07, 6.45) is 0.449. The van der Waals surface area contributed by atoms with Crippen LogP contribution in [-0.4, -0.2) is 49.3 Å². The average molecular weight is 244 g/mol. The average Bonchev–Trinajstić information content (AvgIpc) is 2.27. The molecule has 98 valence electrons. The van der Waals surface area contributed by atoms with Crippen molar-refractivity contribution in [2.24, 2.45) is 5.92 Å². The minimum atomic E-state index is -0.839. The van der Waals surface area contributed by atoms with Crippen molar-refractivity contribution in [1.82, 2.24) is 10.6 Å². The van der Waals surface area contributed by atoms with Crippen molar-refractivity contribution in [2.75, 3.05) is 26.3 Å². The number of ether oxygens (including phenoxy) is 1. The first-order valence-corrected chi connectivity index (χ1v) is 5.87. The lowest BCUT2D eigenvalue weighted by Gasteiger charge is -2.23. The molecule has 0 aromatic heterocycles. The summed E-state index contributed by atoms with van der Waals surface area (Å²) < 4.78 is 5.24. The number of carboxylic acid groups (broad SMARTS) is 1. The highest BCUT2D eigenvalue weighted by molar-refractivity contribution is 5.76. The number of amides is 1. The van der Waals surface area contributed by atoms with E-state index in [0.29, 0.717) is 26.2 Å². The highest BCUT2D eigenvalue weighted by Crippen LogP contribution is 2.01. The van der Waals surface area contributed by atoms with Gasteiger partial charge in [-0.3, -0.25) is 9.59 Å². The normalized spacial score (nSPS) is 21.8. The van der Waals surface area contributed by atoms with E-state index in [-0.39, 0.29) is 24.3 Å². The number of carboxylic acids is 1. The second-order valence-corrected chi connectivity index (χ2v) is 4.44.